The van der Waals surface area contributed by atoms with E-state index >= 15 is 0 Å². The standard InChI is InChI=1S/C27H25F6N5O2/c28-26(29,30)17-40-11-8-24-25(39)38(23-3-1-2-21(12-23)27(31,32)33)10-9-37(24)16-22-15-36(18-35-22)14-20-6-4-19(13-34)5-7-20/h1-7,12,15,18,24H,8-11,14,16-17H2/t24-/m0/s1. The number of aromatic nitrogens is 2. The van der Waals surface area contributed by atoms with Crippen molar-refractivity contribution >= 4 is 11.6 Å². The highest BCUT2D eigenvalue weighted by molar-refractivity contribution is 5.98. The van der Waals surface area contributed by atoms with Gasteiger partial charge in [-0.2, -0.15) is 31.6 Å². The number of nitrogens with zero attached hydrogens (tertiary/aromatic N) is 5. The molecule has 0 spiro atoms. The highest BCUT2D eigenvalue weighted by Crippen LogP contribution is 2.33. The summed E-state index contributed by atoms with van der Waals surface area (Å²) in [6, 6.07) is 12.6. The van der Waals surface area contributed by atoms with Crippen molar-refractivity contribution in [2.45, 2.75) is 37.9 Å². The molecule has 1 aliphatic heterocycles. The SMILES string of the molecule is N#Cc1ccc(Cn2cnc(CN3CCN(c4cccc(C(F)(F)F)c4)C(=O)[C@@H]3CCOCC(F)(F)F)c2)cc1. The fraction of sp³-hybridized carbons (Fsp3) is 0.370. The van der Waals surface area contributed by atoms with Gasteiger partial charge in [-0.3, -0.25) is 9.69 Å². The van der Waals surface area contributed by atoms with Crippen molar-refractivity contribution in [3.8, 4) is 6.07 Å². The van der Waals surface area contributed by atoms with Gasteiger partial charge in [0.2, 0.25) is 5.91 Å². The minimum Gasteiger partial charge on any atom is -0.372 e. The van der Waals surface area contributed by atoms with Crippen molar-refractivity contribution in [2.75, 3.05) is 31.2 Å². The lowest BCUT2D eigenvalue weighted by atomic mass is 10.1. The average Bonchev–Trinajstić information content (AvgIpc) is 3.34. The second-order valence-electron chi connectivity index (χ2n) is 9.33. The van der Waals surface area contributed by atoms with Crippen molar-refractivity contribution in [1.82, 2.24) is 14.5 Å². The summed E-state index contributed by atoms with van der Waals surface area (Å²) in [5.41, 5.74) is 1.24. The number of nitriles is 1. The molecule has 7 nitrogen and oxygen atoms in total. The first-order valence-corrected chi connectivity index (χ1v) is 12.3. The largest absolute Gasteiger partial charge is 0.416 e. The zero-order valence-electron chi connectivity index (χ0n) is 21.1. The minimum atomic E-state index is -4.59. The number of carbonyl (C=O) groups excluding carboxylic acids is 1. The van der Waals surface area contributed by atoms with E-state index in [-0.39, 0.29) is 38.3 Å². The van der Waals surface area contributed by atoms with Gasteiger partial charge in [-0.1, -0.05) is 18.2 Å². The van der Waals surface area contributed by atoms with Crippen molar-refractivity contribution in [3.05, 3.63) is 83.4 Å². The molecule has 1 aromatic heterocycles. The van der Waals surface area contributed by atoms with Gasteiger partial charge in [-0.15, -0.1) is 0 Å². The van der Waals surface area contributed by atoms with Gasteiger partial charge in [-0.05, 0) is 42.3 Å². The van der Waals surface area contributed by atoms with E-state index in [1.807, 2.05) is 16.7 Å². The summed E-state index contributed by atoms with van der Waals surface area (Å²) in [6.07, 6.45) is -5.82. The second kappa shape index (κ2) is 12.1. The fourth-order valence-corrected chi connectivity index (χ4v) is 4.49. The van der Waals surface area contributed by atoms with Crippen LogP contribution in [0.1, 0.15) is 28.8 Å². The number of imidazole rings is 1. The van der Waals surface area contributed by atoms with Gasteiger partial charge in [0, 0.05) is 44.7 Å². The van der Waals surface area contributed by atoms with Crippen molar-refractivity contribution in [3.63, 3.8) is 0 Å². The van der Waals surface area contributed by atoms with E-state index in [0.29, 0.717) is 17.8 Å². The number of benzene rings is 2. The molecular formula is C27H25F6N5O2. The third kappa shape index (κ3) is 7.61. The molecule has 0 saturated carbocycles. The van der Waals surface area contributed by atoms with Crippen LogP contribution in [0, 0.1) is 11.3 Å². The molecule has 40 heavy (non-hydrogen) atoms. The van der Waals surface area contributed by atoms with Crippen LogP contribution in [-0.2, 0) is 28.8 Å². The number of amides is 1. The van der Waals surface area contributed by atoms with Crippen LogP contribution in [0.3, 0.4) is 0 Å². The smallest absolute Gasteiger partial charge is 0.372 e. The molecule has 4 rings (SSSR count). The molecule has 2 aromatic carbocycles. The first-order chi connectivity index (χ1) is 18.9. The molecule has 0 unspecified atom stereocenters. The number of ether oxygens (including phenoxy) is 1. The van der Waals surface area contributed by atoms with E-state index in [4.69, 9.17) is 10.00 Å². The molecule has 2 heterocycles. The predicted octanol–water partition coefficient (Wildman–Crippen LogP) is 5.01. The number of hydrogen-bond donors (Lipinski definition) is 0. The number of rotatable bonds is 9. The molecular weight excluding hydrogens is 540 g/mol. The lowest BCUT2D eigenvalue weighted by Gasteiger charge is -2.40. The highest BCUT2D eigenvalue weighted by atomic mass is 19.4. The molecule has 0 bridgehead atoms. The van der Waals surface area contributed by atoms with Gasteiger partial charge in [0.15, 0.2) is 0 Å². The van der Waals surface area contributed by atoms with Gasteiger partial charge in [0.1, 0.15) is 6.61 Å². The molecule has 1 saturated heterocycles. The van der Waals surface area contributed by atoms with Crippen LogP contribution >= 0.6 is 0 Å². The topological polar surface area (TPSA) is 74.4 Å². The Labute approximate surface area is 226 Å². The van der Waals surface area contributed by atoms with E-state index in [2.05, 4.69) is 11.1 Å². The Morgan fingerprint density at radius 2 is 1.77 bits per heavy atom. The number of carbonyl (C=O) groups is 1. The summed E-state index contributed by atoms with van der Waals surface area (Å²) >= 11 is 0. The van der Waals surface area contributed by atoms with Crippen LogP contribution in [0.4, 0.5) is 32.0 Å². The van der Waals surface area contributed by atoms with E-state index in [9.17, 15) is 31.1 Å². The maximum Gasteiger partial charge on any atom is 0.416 e. The third-order valence-corrected chi connectivity index (χ3v) is 6.39. The van der Waals surface area contributed by atoms with Crippen molar-refractivity contribution < 1.29 is 35.9 Å². The number of piperazine rings is 1. The van der Waals surface area contributed by atoms with Crippen LogP contribution in [0.2, 0.25) is 0 Å². The fourth-order valence-electron chi connectivity index (χ4n) is 4.49. The predicted molar refractivity (Wildman–Crippen MR) is 132 cm³/mol. The van der Waals surface area contributed by atoms with Gasteiger partial charge < -0.3 is 14.2 Å². The number of alkyl halides is 6. The van der Waals surface area contributed by atoms with E-state index in [1.54, 1.807) is 29.6 Å². The third-order valence-electron chi connectivity index (χ3n) is 6.39. The zero-order chi connectivity index (χ0) is 28.9. The van der Waals surface area contributed by atoms with Crippen molar-refractivity contribution in [2.24, 2.45) is 0 Å². The molecule has 1 amide bonds. The Bertz CT molecular complexity index is 1350. The number of halogens is 6. The van der Waals surface area contributed by atoms with E-state index < -0.39 is 36.5 Å². The van der Waals surface area contributed by atoms with Gasteiger partial charge >= 0.3 is 12.4 Å². The summed E-state index contributed by atoms with van der Waals surface area (Å²) in [6.45, 7) is -0.802. The first kappa shape index (κ1) is 29.1. The van der Waals surface area contributed by atoms with Crippen LogP contribution in [0.15, 0.2) is 61.1 Å². The summed E-state index contributed by atoms with van der Waals surface area (Å²) < 4.78 is 83.9. The molecule has 1 aliphatic rings. The van der Waals surface area contributed by atoms with Crippen molar-refractivity contribution in [1.29, 1.82) is 5.26 Å². The minimum absolute atomic E-state index is 0.0624. The molecule has 1 fully saturated rings. The Hall–Kier alpha value is -3.89. The van der Waals surface area contributed by atoms with Crippen LogP contribution in [-0.4, -0.2) is 58.9 Å². The number of hydrogen-bond acceptors (Lipinski definition) is 5. The Morgan fingerprint density at radius 1 is 1.02 bits per heavy atom. The van der Waals surface area contributed by atoms with Crippen LogP contribution in [0.5, 0.6) is 0 Å². The Balaban J connectivity index is 1.48. The maximum atomic E-state index is 13.5. The summed E-state index contributed by atoms with van der Waals surface area (Å²) in [4.78, 5) is 20.8. The normalized spacial score (nSPS) is 16.8. The van der Waals surface area contributed by atoms with Gasteiger partial charge in [-0.25, -0.2) is 4.98 Å². The lowest BCUT2D eigenvalue weighted by Crippen LogP contribution is -2.57. The van der Waals surface area contributed by atoms with Crippen LogP contribution < -0.4 is 4.90 Å². The molecule has 0 radical (unpaired) electrons. The zero-order valence-corrected chi connectivity index (χ0v) is 21.1. The van der Waals surface area contributed by atoms with Gasteiger partial charge in [0.05, 0.1) is 35.3 Å². The summed E-state index contributed by atoms with van der Waals surface area (Å²) in [5.74, 6) is -0.529. The lowest BCUT2D eigenvalue weighted by molar-refractivity contribution is -0.174. The molecule has 13 heteroatoms. The molecule has 0 aliphatic carbocycles. The number of anilines is 1. The quantitative estimate of drug-likeness (QED) is 0.270. The van der Waals surface area contributed by atoms with Crippen LogP contribution in [0.25, 0.3) is 0 Å². The Morgan fingerprint density at radius 3 is 2.45 bits per heavy atom. The second-order valence-corrected chi connectivity index (χ2v) is 9.33. The Kier molecular flexibility index (Phi) is 8.80. The van der Waals surface area contributed by atoms with E-state index in [0.717, 1.165) is 17.7 Å². The molecule has 3 aromatic rings. The molecule has 212 valence electrons. The maximum absolute atomic E-state index is 13.5. The average molecular weight is 566 g/mol. The molecule has 0 N–H and O–H groups in total. The monoisotopic (exact) mass is 565 g/mol. The summed E-state index contributed by atoms with van der Waals surface area (Å²) in [5, 5.41) is 8.95. The first-order valence-electron chi connectivity index (χ1n) is 12.3. The van der Waals surface area contributed by atoms with E-state index in [1.165, 1.54) is 17.0 Å². The summed E-state index contributed by atoms with van der Waals surface area (Å²) in [7, 11) is 0. The molecule has 1 atom stereocenters. The van der Waals surface area contributed by atoms with Gasteiger partial charge in [0.25, 0.3) is 0 Å². The highest BCUT2D eigenvalue weighted by Gasteiger charge is 2.37.